The molecule has 1 saturated carbocycles. The Morgan fingerprint density at radius 2 is 1.88 bits per heavy atom. The van der Waals surface area contributed by atoms with Crippen LogP contribution >= 0.6 is 22.6 Å². The lowest BCUT2D eigenvalue weighted by molar-refractivity contribution is 0.0947. The molecule has 0 aromatic heterocycles. The largest absolute Gasteiger partial charge is 0.352 e. The van der Waals surface area contributed by atoms with E-state index < -0.39 is 0 Å². The molecule has 16 heavy (non-hydrogen) atoms. The molecule has 0 spiro atoms. The van der Waals surface area contributed by atoms with Crippen molar-refractivity contribution in [1.29, 1.82) is 0 Å². The van der Waals surface area contributed by atoms with E-state index in [9.17, 15) is 4.79 Å². The summed E-state index contributed by atoms with van der Waals surface area (Å²) in [5.41, 5.74) is 0.762. The van der Waals surface area contributed by atoms with Gasteiger partial charge in [-0.2, -0.15) is 0 Å². The number of hydrogen-bond acceptors (Lipinski definition) is 1. The normalized spacial score (nSPS) is 16.3. The Morgan fingerprint density at radius 1 is 1.25 bits per heavy atom. The molecular formula is C13H16INO. The smallest absolute Gasteiger partial charge is 0.251 e. The van der Waals surface area contributed by atoms with Crippen LogP contribution in [0.5, 0.6) is 0 Å². The minimum absolute atomic E-state index is 0.0586. The number of benzene rings is 1. The quantitative estimate of drug-likeness (QED) is 0.848. The first-order chi connectivity index (χ1) is 7.75. The summed E-state index contributed by atoms with van der Waals surface area (Å²) in [4.78, 5) is 11.8. The predicted octanol–water partition coefficient (Wildman–Crippen LogP) is 3.21. The van der Waals surface area contributed by atoms with Crippen molar-refractivity contribution in [3.63, 3.8) is 0 Å². The van der Waals surface area contributed by atoms with Gasteiger partial charge in [-0.25, -0.2) is 0 Å². The molecule has 0 bridgehead atoms. The Kier molecular flexibility index (Phi) is 4.21. The highest BCUT2D eigenvalue weighted by atomic mass is 127. The van der Waals surface area contributed by atoms with Crippen LogP contribution in [0.3, 0.4) is 0 Å². The number of nitrogens with one attached hydrogen (secondary N) is 1. The topological polar surface area (TPSA) is 29.1 Å². The van der Waals surface area contributed by atoms with Crippen molar-refractivity contribution in [3.05, 3.63) is 33.4 Å². The van der Waals surface area contributed by atoms with Gasteiger partial charge >= 0.3 is 0 Å². The molecule has 0 unspecified atom stereocenters. The highest BCUT2D eigenvalue weighted by Crippen LogP contribution is 2.23. The summed E-state index contributed by atoms with van der Waals surface area (Å²) in [6, 6.07) is 7.69. The number of halogens is 1. The summed E-state index contributed by atoms with van der Waals surface area (Å²) in [5, 5.41) is 3.02. The zero-order valence-corrected chi connectivity index (χ0v) is 11.4. The Balaban J connectivity index is 1.85. The molecule has 1 aromatic rings. The Labute approximate surface area is 110 Å². The third kappa shape index (κ3) is 3.20. The van der Waals surface area contributed by atoms with Crippen LogP contribution < -0.4 is 5.32 Å². The van der Waals surface area contributed by atoms with E-state index in [4.69, 9.17) is 0 Å². The molecular weight excluding hydrogens is 313 g/mol. The van der Waals surface area contributed by atoms with Crippen LogP contribution in [0.2, 0.25) is 0 Å². The van der Waals surface area contributed by atoms with Crippen LogP contribution in [-0.4, -0.2) is 12.5 Å². The maximum absolute atomic E-state index is 11.8. The van der Waals surface area contributed by atoms with Gasteiger partial charge in [0.25, 0.3) is 5.91 Å². The third-order valence-corrected chi connectivity index (χ3v) is 3.85. The maximum atomic E-state index is 11.8. The summed E-state index contributed by atoms with van der Waals surface area (Å²) >= 11 is 2.24. The molecule has 2 rings (SSSR count). The molecule has 1 aromatic carbocycles. The Hall–Kier alpha value is -0.580. The van der Waals surface area contributed by atoms with E-state index in [2.05, 4.69) is 27.9 Å². The van der Waals surface area contributed by atoms with E-state index in [0.29, 0.717) is 5.92 Å². The van der Waals surface area contributed by atoms with Gasteiger partial charge in [-0.05, 0) is 65.6 Å². The number of carbonyl (C=O) groups is 1. The van der Waals surface area contributed by atoms with Crippen LogP contribution in [0.15, 0.2) is 24.3 Å². The molecule has 0 radical (unpaired) electrons. The van der Waals surface area contributed by atoms with E-state index in [1.165, 1.54) is 25.7 Å². The van der Waals surface area contributed by atoms with Crippen molar-refractivity contribution in [2.75, 3.05) is 6.54 Å². The van der Waals surface area contributed by atoms with Crippen LogP contribution in [-0.2, 0) is 0 Å². The zero-order valence-electron chi connectivity index (χ0n) is 9.21. The minimum Gasteiger partial charge on any atom is -0.352 e. The maximum Gasteiger partial charge on any atom is 0.251 e. The summed E-state index contributed by atoms with van der Waals surface area (Å²) in [6.07, 6.45) is 5.19. The molecule has 2 nitrogen and oxygen atoms in total. The van der Waals surface area contributed by atoms with Crippen molar-refractivity contribution in [2.24, 2.45) is 5.92 Å². The second kappa shape index (κ2) is 5.66. The van der Waals surface area contributed by atoms with Crippen molar-refractivity contribution in [2.45, 2.75) is 25.7 Å². The van der Waals surface area contributed by atoms with E-state index in [0.717, 1.165) is 15.7 Å². The van der Waals surface area contributed by atoms with Crippen LogP contribution in [0, 0.1) is 9.49 Å². The lowest BCUT2D eigenvalue weighted by atomic mass is 10.1. The van der Waals surface area contributed by atoms with Crippen LogP contribution in [0.25, 0.3) is 0 Å². The average molecular weight is 329 g/mol. The first-order valence-corrected chi connectivity index (χ1v) is 6.87. The van der Waals surface area contributed by atoms with Gasteiger partial charge in [0.1, 0.15) is 0 Å². The van der Waals surface area contributed by atoms with Gasteiger partial charge in [-0.15, -0.1) is 0 Å². The predicted molar refractivity (Wildman–Crippen MR) is 73.5 cm³/mol. The molecule has 1 aliphatic carbocycles. The van der Waals surface area contributed by atoms with Crippen molar-refractivity contribution < 1.29 is 4.79 Å². The van der Waals surface area contributed by atoms with Gasteiger partial charge in [0.05, 0.1) is 0 Å². The summed E-state index contributed by atoms with van der Waals surface area (Å²) in [6.45, 7) is 0.838. The van der Waals surface area contributed by atoms with Gasteiger partial charge in [0, 0.05) is 15.7 Å². The molecule has 0 heterocycles. The molecule has 1 fully saturated rings. The Morgan fingerprint density at radius 3 is 2.50 bits per heavy atom. The highest BCUT2D eigenvalue weighted by Gasteiger charge is 2.15. The van der Waals surface area contributed by atoms with Gasteiger partial charge in [0.2, 0.25) is 0 Å². The van der Waals surface area contributed by atoms with Crippen molar-refractivity contribution in [1.82, 2.24) is 5.32 Å². The first-order valence-electron chi connectivity index (χ1n) is 5.79. The standard InChI is InChI=1S/C13H16INO/c14-12-7-5-11(6-8-12)13(16)15-9-10-3-1-2-4-10/h5-8,10H,1-4,9H2,(H,15,16). The van der Waals surface area contributed by atoms with Gasteiger partial charge in [-0.1, -0.05) is 12.8 Å². The van der Waals surface area contributed by atoms with Crippen LogP contribution in [0.1, 0.15) is 36.0 Å². The molecule has 0 atom stereocenters. The lowest BCUT2D eigenvalue weighted by Crippen LogP contribution is -2.28. The van der Waals surface area contributed by atoms with Crippen molar-refractivity contribution >= 4 is 28.5 Å². The molecule has 0 saturated heterocycles. The molecule has 0 aliphatic heterocycles. The molecule has 3 heteroatoms. The second-order valence-electron chi connectivity index (χ2n) is 4.37. The third-order valence-electron chi connectivity index (χ3n) is 3.13. The SMILES string of the molecule is O=C(NCC1CCCC1)c1ccc(I)cc1. The summed E-state index contributed by atoms with van der Waals surface area (Å²) in [7, 11) is 0. The highest BCUT2D eigenvalue weighted by molar-refractivity contribution is 14.1. The fraction of sp³-hybridized carbons (Fsp3) is 0.462. The van der Waals surface area contributed by atoms with E-state index in [-0.39, 0.29) is 5.91 Å². The molecule has 86 valence electrons. The average Bonchev–Trinajstić information content (AvgIpc) is 2.80. The van der Waals surface area contributed by atoms with E-state index in [1.54, 1.807) is 0 Å². The summed E-state index contributed by atoms with van der Waals surface area (Å²) < 4.78 is 1.16. The van der Waals surface area contributed by atoms with Crippen molar-refractivity contribution in [3.8, 4) is 0 Å². The fourth-order valence-electron chi connectivity index (χ4n) is 2.15. The zero-order chi connectivity index (χ0) is 11.4. The number of carbonyl (C=O) groups excluding carboxylic acids is 1. The van der Waals surface area contributed by atoms with E-state index >= 15 is 0 Å². The summed E-state index contributed by atoms with van der Waals surface area (Å²) in [5.74, 6) is 0.760. The van der Waals surface area contributed by atoms with Gasteiger partial charge in [-0.3, -0.25) is 4.79 Å². The number of hydrogen-bond donors (Lipinski definition) is 1. The number of rotatable bonds is 3. The monoisotopic (exact) mass is 329 g/mol. The van der Waals surface area contributed by atoms with Gasteiger partial charge < -0.3 is 5.32 Å². The number of amides is 1. The van der Waals surface area contributed by atoms with E-state index in [1.807, 2.05) is 24.3 Å². The molecule has 1 N–H and O–H groups in total. The molecule has 1 aliphatic rings. The Bertz CT molecular complexity index is 355. The van der Waals surface area contributed by atoms with Crippen LogP contribution in [0.4, 0.5) is 0 Å². The minimum atomic E-state index is 0.0586. The first kappa shape index (κ1) is 11.9. The fourth-order valence-corrected chi connectivity index (χ4v) is 2.51. The van der Waals surface area contributed by atoms with Gasteiger partial charge in [0.15, 0.2) is 0 Å². The lowest BCUT2D eigenvalue weighted by Gasteiger charge is -2.10. The molecule has 1 amide bonds. The second-order valence-corrected chi connectivity index (χ2v) is 5.61.